The molecule has 0 aliphatic carbocycles. The Morgan fingerprint density at radius 2 is 1.36 bits per heavy atom. The Kier molecular flexibility index (Phi) is 7.10. The molecule has 0 aliphatic heterocycles. The maximum Gasteiger partial charge on any atom is 0.296 e. The van der Waals surface area contributed by atoms with Gasteiger partial charge in [-0.05, 0) is 78.9 Å². The van der Waals surface area contributed by atoms with Crippen LogP contribution in [0.25, 0.3) is 10.8 Å². The van der Waals surface area contributed by atoms with Gasteiger partial charge in [0.1, 0.15) is 27.7 Å². The van der Waals surface area contributed by atoms with E-state index in [1.54, 1.807) is 38.1 Å². The molecular formula is C24H21N5O8S2. The van der Waals surface area contributed by atoms with Crippen molar-refractivity contribution >= 4 is 59.4 Å². The van der Waals surface area contributed by atoms with Gasteiger partial charge in [0, 0.05) is 17.1 Å². The standard InChI is InChI=1S/C24H21N5O8S2/c1-12-8-19(27-29-23-13(2)7-14-9-15(25)3-5-17(14)24(23)31)21(30)11-18(12)26-28-20-10-16(38(32,33)34)4-6-22(20)39(35,36)37/h3-11,30-31H,25H2,1-2H3,(H,32,33,34)(H,35,36,37). The van der Waals surface area contributed by atoms with E-state index in [0.717, 1.165) is 23.6 Å². The average Bonchev–Trinajstić information content (AvgIpc) is 2.83. The zero-order chi connectivity index (χ0) is 28.7. The van der Waals surface area contributed by atoms with Crippen molar-refractivity contribution in [2.75, 3.05) is 5.73 Å². The summed E-state index contributed by atoms with van der Waals surface area (Å²) in [5, 5.41) is 38.1. The predicted octanol–water partition coefficient (Wildman–Crippen LogP) is 5.77. The summed E-state index contributed by atoms with van der Waals surface area (Å²) in [4.78, 5) is -1.42. The van der Waals surface area contributed by atoms with Gasteiger partial charge in [0.2, 0.25) is 0 Å². The number of hydrogen-bond donors (Lipinski definition) is 5. The third-order valence-electron chi connectivity index (χ3n) is 5.62. The molecule has 0 radical (unpaired) electrons. The molecule has 0 aromatic heterocycles. The van der Waals surface area contributed by atoms with Crippen LogP contribution in [-0.2, 0) is 20.2 Å². The van der Waals surface area contributed by atoms with Crippen molar-refractivity contribution in [3.05, 3.63) is 65.7 Å². The Bertz CT molecular complexity index is 1920. The summed E-state index contributed by atoms with van der Waals surface area (Å²) in [6.07, 6.45) is 0. The number of hydrogen-bond acceptors (Lipinski definition) is 11. The summed E-state index contributed by atoms with van der Waals surface area (Å²) in [5.74, 6) is -0.497. The van der Waals surface area contributed by atoms with Crippen LogP contribution in [0.15, 0.2) is 84.8 Å². The molecule has 0 aliphatic rings. The predicted molar refractivity (Wildman–Crippen MR) is 142 cm³/mol. The molecule has 0 bridgehead atoms. The van der Waals surface area contributed by atoms with Crippen LogP contribution in [0.3, 0.4) is 0 Å². The smallest absolute Gasteiger partial charge is 0.296 e. The number of phenols is 2. The molecule has 0 atom stereocenters. The monoisotopic (exact) mass is 571 g/mol. The Hall–Kier alpha value is -4.44. The van der Waals surface area contributed by atoms with E-state index >= 15 is 0 Å². The van der Waals surface area contributed by atoms with E-state index in [0.29, 0.717) is 28.3 Å². The second kappa shape index (κ2) is 10.0. The van der Waals surface area contributed by atoms with Gasteiger partial charge in [-0.15, -0.1) is 15.3 Å². The van der Waals surface area contributed by atoms with Crippen LogP contribution in [0.2, 0.25) is 0 Å². The lowest BCUT2D eigenvalue weighted by Crippen LogP contribution is -2.02. The highest BCUT2D eigenvalue weighted by atomic mass is 32.2. The van der Waals surface area contributed by atoms with Gasteiger partial charge in [-0.25, -0.2) is 0 Å². The summed E-state index contributed by atoms with van der Waals surface area (Å²) >= 11 is 0. The molecule has 6 N–H and O–H groups in total. The minimum absolute atomic E-state index is 0.0228. The van der Waals surface area contributed by atoms with Gasteiger partial charge in [-0.2, -0.15) is 21.9 Å². The largest absolute Gasteiger partial charge is 0.506 e. The number of fused-ring (bicyclic) bond motifs is 1. The maximum atomic E-state index is 11.7. The van der Waals surface area contributed by atoms with Crippen LogP contribution < -0.4 is 5.73 Å². The summed E-state index contributed by atoms with van der Waals surface area (Å²) in [7, 11) is -9.52. The van der Waals surface area contributed by atoms with Crippen LogP contribution >= 0.6 is 0 Å². The van der Waals surface area contributed by atoms with Crippen molar-refractivity contribution in [2.45, 2.75) is 23.6 Å². The van der Waals surface area contributed by atoms with Gasteiger partial charge in [0.05, 0.1) is 10.6 Å². The molecule has 0 amide bonds. The summed E-state index contributed by atoms with van der Waals surface area (Å²) < 4.78 is 64.9. The average molecular weight is 572 g/mol. The van der Waals surface area contributed by atoms with E-state index in [2.05, 4.69) is 20.5 Å². The van der Waals surface area contributed by atoms with E-state index < -0.39 is 35.7 Å². The maximum absolute atomic E-state index is 11.7. The van der Waals surface area contributed by atoms with E-state index in [1.807, 2.05) is 0 Å². The summed E-state index contributed by atoms with van der Waals surface area (Å²) in [5.41, 5.74) is 7.04. The topological polar surface area (TPSA) is 225 Å². The van der Waals surface area contributed by atoms with Crippen LogP contribution in [0.1, 0.15) is 11.1 Å². The van der Waals surface area contributed by atoms with Crippen LogP contribution in [-0.4, -0.2) is 36.2 Å². The van der Waals surface area contributed by atoms with Gasteiger partial charge in [-0.1, -0.05) is 0 Å². The van der Waals surface area contributed by atoms with Crippen molar-refractivity contribution in [1.82, 2.24) is 0 Å². The van der Waals surface area contributed by atoms with E-state index in [4.69, 9.17) is 5.73 Å². The Morgan fingerprint density at radius 3 is 2.03 bits per heavy atom. The van der Waals surface area contributed by atoms with Crippen molar-refractivity contribution < 1.29 is 36.2 Å². The second-order valence-electron chi connectivity index (χ2n) is 8.48. The first-order chi connectivity index (χ1) is 18.1. The molecule has 0 saturated heterocycles. The van der Waals surface area contributed by atoms with Gasteiger partial charge in [0.25, 0.3) is 20.2 Å². The molecule has 0 fully saturated rings. The first-order valence-corrected chi connectivity index (χ1v) is 13.8. The number of anilines is 1. The molecule has 4 aromatic carbocycles. The molecule has 0 heterocycles. The third-order valence-corrected chi connectivity index (χ3v) is 7.37. The minimum Gasteiger partial charge on any atom is -0.506 e. The number of benzene rings is 4. The number of aromatic hydroxyl groups is 2. The lowest BCUT2D eigenvalue weighted by Gasteiger charge is -2.08. The van der Waals surface area contributed by atoms with Gasteiger partial charge < -0.3 is 15.9 Å². The molecule has 4 rings (SSSR count). The van der Waals surface area contributed by atoms with Gasteiger partial charge >= 0.3 is 0 Å². The number of aryl methyl sites for hydroxylation is 2. The highest BCUT2D eigenvalue weighted by Crippen LogP contribution is 2.41. The van der Waals surface area contributed by atoms with E-state index in [9.17, 15) is 36.2 Å². The fraction of sp³-hybridized carbons (Fsp3) is 0.0833. The summed E-state index contributed by atoms with van der Waals surface area (Å²) in [6.45, 7) is 3.30. The Labute approximate surface area is 222 Å². The minimum atomic E-state index is -4.82. The number of rotatable bonds is 6. The first-order valence-electron chi connectivity index (χ1n) is 10.9. The summed E-state index contributed by atoms with van der Waals surface area (Å²) in [6, 6.07) is 11.6. The highest BCUT2D eigenvalue weighted by Gasteiger charge is 2.20. The molecule has 39 heavy (non-hydrogen) atoms. The van der Waals surface area contributed by atoms with E-state index in [1.165, 1.54) is 6.07 Å². The number of nitrogens with two attached hydrogens (primary N) is 1. The first kappa shape index (κ1) is 27.6. The SMILES string of the molecule is Cc1cc(N=Nc2c(C)cc3cc(N)ccc3c2O)c(O)cc1N=Nc1cc(S(=O)(=O)O)ccc1S(=O)(=O)O. The number of nitrogen functional groups attached to an aromatic ring is 1. The molecule has 15 heteroatoms. The number of azo groups is 2. The molecule has 13 nitrogen and oxygen atoms in total. The molecule has 202 valence electrons. The highest BCUT2D eigenvalue weighted by molar-refractivity contribution is 7.86. The Balaban J connectivity index is 1.71. The molecular weight excluding hydrogens is 550 g/mol. The van der Waals surface area contributed by atoms with Crippen LogP contribution in [0, 0.1) is 13.8 Å². The quantitative estimate of drug-likeness (QED) is 0.107. The van der Waals surface area contributed by atoms with Gasteiger partial charge in [0.15, 0.2) is 5.75 Å². The van der Waals surface area contributed by atoms with Crippen LogP contribution in [0.4, 0.5) is 28.4 Å². The molecule has 0 unspecified atom stereocenters. The lowest BCUT2D eigenvalue weighted by molar-refractivity contribution is 0.475. The fourth-order valence-electron chi connectivity index (χ4n) is 3.68. The zero-order valence-corrected chi connectivity index (χ0v) is 21.9. The van der Waals surface area contributed by atoms with Crippen molar-refractivity contribution in [3.8, 4) is 11.5 Å². The van der Waals surface area contributed by atoms with Crippen molar-refractivity contribution in [3.63, 3.8) is 0 Å². The van der Waals surface area contributed by atoms with E-state index in [-0.39, 0.29) is 28.6 Å². The molecule has 4 aromatic rings. The third kappa shape index (κ3) is 5.85. The van der Waals surface area contributed by atoms with Crippen LogP contribution in [0.5, 0.6) is 11.5 Å². The fourth-order valence-corrected chi connectivity index (χ4v) is 4.79. The zero-order valence-electron chi connectivity index (χ0n) is 20.3. The second-order valence-corrected chi connectivity index (χ2v) is 11.3. The van der Waals surface area contributed by atoms with Crippen molar-refractivity contribution in [1.29, 1.82) is 0 Å². The number of phenolic OH excluding ortho intramolecular Hbond substituents is 2. The number of nitrogens with zero attached hydrogens (tertiary/aromatic N) is 4. The lowest BCUT2D eigenvalue weighted by atomic mass is 10.0. The molecule has 0 saturated carbocycles. The molecule has 0 spiro atoms. The Morgan fingerprint density at radius 1 is 0.692 bits per heavy atom. The van der Waals surface area contributed by atoms with Crippen molar-refractivity contribution in [2.24, 2.45) is 20.5 Å². The van der Waals surface area contributed by atoms with Gasteiger partial charge in [-0.3, -0.25) is 9.11 Å². The normalized spacial score (nSPS) is 12.6.